The van der Waals surface area contributed by atoms with E-state index >= 15 is 0 Å². The van der Waals surface area contributed by atoms with Crippen molar-refractivity contribution >= 4 is 17.0 Å². The van der Waals surface area contributed by atoms with E-state index < -0.39 is 0 Å². The molecule has 0 spiro atoms. The minimum Gasteiger partial charge on any atom is -0.395 e. The summed E-state index contributed by atoms with van der Waals surface area (Å²) in [5, 5.41) is 13.6. The van der Waals surface area contributed by atoms with Crippen molar-refractivity contribution in [2.45, 2.75) is 26.9 Å². The summed E-state index contributed by atoms with van der Waals surface area (Å²) in [4.78, 5) is 23.9. The average Bonchev–Trinajstić information content (AvgIpc) is 3.01. The van der Waals surface area contributed by atoms with Crippen LogP contribution in [0.15, 0.2) is 23.0 Å². The molecule has 1 fully saturated rings. The molecule has 2 aromatic heterocycles. The second-order valence-corrected chi connectivity index (χ2v) is 7.99. The van der Waals surface area contributed by atoms with Gasteiger partial charge in [-0.15, -0.1) is 0 Å². The first-order chi connectivity index (χ1) is 14.4. The summed E-state index contributed by atoms with van der Waals surface area (Å²) in [6, 6.07) is 6.49. The van der Waals surface area contributed by atoms with Crippen molar-refractivity contribution < 1.29 is 5.11 Å². The van der Waals surface area contributed by atoms with Gasteiger partial charge in [0.25, 0.3) is 5.56 Å². The third-order valence-corrected chi connectivity index (χ3v) is 5.80. The van der Waals surface area contributed by atoms with E-state index in [1.54, 1.807) is 4.68 Å². The zero-order valence-electron chi connectivity index (χ0n) is 17.6. The third-order valence-electron chi connectivity index (χ3n) is 5.80. The molecule has 1 aliphatic rings. The number of H-pyrrole nitrogens is 1. The van der Waals surface area contributed by atoms with Crippen LogP contribution >= 0.6 is 0 Å². The van der Waals surface area contributed by atoms with E-state index in [1.807, 2.05) is 6.92 Å². The molecule has 0 saturated carbocycles. The first kappa shape index (κ1) is 20.5. The normalized spacial score (nSPS) is 15.8. The highest BCUT2D eigenvalue weighted by molar-refractivity contribution is 5.77. The number of fused-ring (bicyclic) bond motifs is 1. The third kappa shape index (κ3) is 4.23. The number of hydrogen-bond donors (Lipinski definition) is 3. The van der Waals surface area contributed by atoms with Gasteiger partial charge < -0.3 is 10.8 Å². The minimum atomic E-state index is -0.271. The fourth-order valence-electron chi connectivity index (χ4n) is 4.13. The standard InChI is InChI=1S/C21H29N7O2/c1-14-11-16(12-27-7-5-26(6-8-27)9-10-29)3-4-17(14)13-28-19-18(15(2)25-28)23-21(22)24-20(19)30/h3-4,11,29H,5-10,12-13H2,1-2H3,(H3,22,23,24,30). The average molecular weight is 412 g/mol. The number of nitrogens with one attached hydrogen (secondary N) is 1. The molecule has 0 radical (unpaired) electrons. The van der Waals surface area contributed by atoms with Gasteiger partial charge in [-0.2, -0.15) is 5.10 Å². The predicted molar refractivity (Wildman–Crippen MR) is 116 cm³/mol. The van der Waals surface area contributed by atoms with Crippen LogP contribution in [0.2, 0.25) is 0 Å². The molecule has 0 atom stereocenters. The van der Waals surface area contributed by atoms with Gasteiger partial charge in [-0.3, -0.25) is 24.3 Å². The van der Waals surface area contributed by atoms with Crippen LogP contribution in [-0.4, -0.2) is 74.0 Å². The van der Waals surface area contributed by atoms with E-state index in [4.69, 9.17) is 10.8 Å². The van der Waals surface area contributed by atoms with Crippen LogP contribution in [-0.2, 0) is 13.1 Å². The van der Waals surface area contributed by atoms with Gasteiger partial charge in [0.15, 0.2) is 5.52 Å². The number of nitrogens with two attached hydrogens (primary N) is 1. The van der Waals surface area contributed by atoms with Crippen LogP contribution in [0.4, 0.5) is 5.95 Å². The smallest absolute Gasteiger partial charge is 0.278 e. The lowest BCUT2D eigenvalue weighted by Gasteiger charge is -2.34. The van der Waals surface area contributed by atoms with Crippen molar-refractivity contribution in [2.75, 3.05) is 45.1 Å². The number of β-amino-alcohol motifs (C(OH)–C–C–N with tert-alkyl or cyclic N) is 1. The van der Waals surface area contributed by atoms with E-state index in [2.05, 4.69) is 50.0 Å². The number of anilines is 1. The maximum atomic E-state index is 12.4. The van der Waals surface area contributed by atoms with Crippen molar-refractivity contribution in [3.8, 4) is 0 Å². The number of aryl methyl sites for hydroxylation is 2. The van der Waals surface area contributed by atoms with Gasteiger partial charge in [-0.25, -0.2) is 4.98 Å². The molecule has 1 saturated heterocycles. The second kappa shape index (κ2) is 8.55. The van der Waals surface area contributed by atoms with Crippen LogP contribution in [0.5, 0.6) is 0 Å². The number of nitrogen functional groups attached to an aromatic ring is 1. The quantitative estimate of drug-likeness (QED) is 0.540. The maximum Gasteiger partial charge on any atom is 0.278 e. The fourth-order valence-corrected chi connectivity index (χ4v) is 4.13. The molecule has 0 unspecified atom stereocenters. The Morgan fingerprint density at radius 2 is 1.87 bits per heavy atom. The van der Waals surface area contributed by atoms with Crippen molar-refractivity contribution in [1.82, 2.24) is 29.5 Å². The molecule has 4 rings (SSSR count). The van der Waals surface area contributed by atoms with Gasteiger partial charge in [0, 0.05) is 39.3 Å². The van der Waals surface area contributed by atoms with Crippen LogP contribution < -0.4 is 11.3 Å². The van der Waals surface area contributed by atoms with Crippen LogP contribution in [0.1, 0.15) is 22.4 Å². The SMILES string of the molecule is Cc1cc(CN2CCN(CCO)CC2)ccc1Cn1nc(C)c2nc(N)[nH]c(=O)c21. The van der Waals surface area contributed by atoms with E-state index in [0.29, 0.717) is 23.3 Å². The molecule has 3 aromatic rings. The number of aromatic amines is 1. The monoisotopic (exact) mass is 411 g/mol. The number of aliphatic hydroxyl groups is 1. The lowest BCUT2D eigenvalue weighted by atomic mass is 10.0. The summed E-state index contributed by atoms with van der Waals surface area (Å²) in [5.41, 5.74) is 10.7. The molecule has 9 nitrogen and oxygen atoms in total. The van der Waals surface area contributed by atoms with Crippen molar-refractivity contribution in [1.29, 1.82) is 0 Å². The number of nitrogens with zero attached hydrogens (tertiary/aromatic N) is 5. The lowest BCUT2D eigenvalue weighted by molar-refractivity contribution is 0.108. The van der Waals surface area contributed by atoms with E-state index in [0.717, 1.165) is 44.8 Å². The Kier molecular flexibility index (Phi) is 5.85. The number of hydrogen-bond acceptors (Lipinski definition) is 7. The summed E-state index contributed by atoms with van der Waals surface area (Å²) in [7, 11) is 0. The molecule has 4 N–H and O–H groups in total. The van der Waals surface area contributed by atoms with Crippen LogP contribution in [0.25, 0.3) is 11.0 Å². The Labute approximate surface area is 175 Å². The highest BCUT2D eigenvalue weighted by atomic mass is 16.3. The maximum absolute atomic E-state index is 12.4. The number of benzene rings is 1. The van der Waals surface area contributed by atoms with Crippen molar-refractivity contribution in [2.24, 2.45) is 0 Å². The molecule has 160 valence electrons. The summed E-state index contributed by atoms with van der Waals surface area (Å²) in [6.07, 6.45) is 0. The number of aliphatic hydroxyl groups excluding tert-OH is 1. The summed E-state index contributed by atoms with van der Waals surface area (Å²) in [6.45, 7) is 10.3. The van der Waals surface area contributed by atoms with Gasteiger partial charge in [-0.05, 0) is 30.5 Å². The van der Waals surface area contributed by atoms with Gasteiger partial charge in [0.2, 0.25) is 5.95 Å². The van der Waals surface area contributed by atoms with Gasteiger partial charge in [0.1, 0.15) is 5.52 Å². The summed E-state index contributed by atoms with van der Waals surface area (Å²) in [5.74, 6) is 0.105. The molecule has 0 bridgehead atoms. The Morgan fingerprint density at radius 1 is 1.13 bits per heavy atom. The fraction of sp³-hybridized carbons (Fsp3) is 0.476. The second-order valence-electron chi connectivity index (χ2n) is 7.99. The predicted octanol–water partition coefficient (Wildman–Crippen LogP) is 0.477. The molecule has 0 amide bonds. The Bertz CT molecular complexity index is 1100. The van der Waals surface area contributed by atoms with Crippen LogP contribution in [0, 0.1) is 13.8 Å². The molecule has 30 heavy (non-hydrogen) atoms. The molecular formula is C21H29N7O2. The van der Waals surface area contributed by atoms with E-state index in [1.165, 1.54) is 11.1 Å². The molecule has 1 aromatic carbocycles. The number of rotatable bonds is 6. The van der Waals surface area contributed by atoms with Crippen molar-refractivity contribution in [3.63, 3.8) is 0 Å². The highest BCUT2D eigenvalue weighted by Crippen LogP contribution is 2.18. The van der Waals surface area contributed by atoms with Gasteiger partial charge in [-0.1, -0.05) is 18.2 Å². The Hall–Kier alpha value is -2.75. The molecule has 0 aliphatic carbocycles. The van der Waals surface area contributed by atoms with Crippen molar-refractivity contribution in [3.05, 3.63) is 50.9 Å². The molecule has 9 heteroatoms. The lowest BCUT2D eigenvalue weighted by Crippen LogP contribution is -2.46. The molecule has 3 heterocycles. The van der Waals surface area contributed by atoms with Crippen LogP contribution in [0.3, 0.4) is 0 Å². The van der Waals surface area contributed by atoms with E-state index in [9.17, 15) is 4.79 Å². The highest BCUT2D eigenvalue weighted by Gasteiger charge is 2.17. The van der Waals surface area contributed by atoms with Gasteiger partial charge >= 0.3 is 0 Å². The number of piperazine rings is 1. The number of aromatic nitrogens is 4. The first-order valence-corrected chi connectivity index (χ1v) is 10.3. The molecule has 1 aliphatic heterocycles. The topological polar surface area (TPSA) is 116 Å². The Morgan fingerprint density at radius 3 is 2.57 bits per heavy atom. The Balaban J connectivity index is 1.48. The van der Waals surface area contributed by atoms with Gasteiger partial charge in [0.05, 0.1) is 18.8 Å². The molecular weight excluding hydrogens is 382 g/mol. The van der Waals surface area contributed by atoms with E-state index in [-0.39, 0.29) is 18.1 Å². The largest absolute Gasteiger partial charge is 0.395 e. The first-order valence-electron chi connectivity index (χ1n) is 10.3. The summed E-state index contributed by atoms with van der Waals surface area (Å²) < 4.78 is 1.71. The zero-order chi connectivity index (χ0) is 21.3. The zero-order valence-corrected chi connectivity index (χ0v) is 17.6. The summed E-state index contributed by atoms with van der Waals surface area (Å²) >= 11 is 0. The minimum absolute atomic E-state index is 0.105.